The second-order valence-corrected chi connectivity index (χ2v) is 10.0. The molecule has 0 amide bonds. The van der Waals surface area contributed by atoms with Crippen LogP contribution in [0.3, 0.4) is 0 Å². The van der Waals surface area contributed by atoms with Gasteiger partial charge < -0.3 is 14.9 Å². The molecule has 4 nitrogen and oxygen atoms in total. The Balaban J connectivity index is 2.86. The number of phenolic OH excluding ortho intramolecular Hbond substituents is 2. The number of phenols is 2. The Morgan fingerprint density at radius 3 is 1.53 bits per heavy atom. The van der Waals surface area contributed by atoms with Crippen LogP contribution in [0.25, 0.3) is 0 Å². The molecule has 4 heteroatoms. The molecule has 0 radical (unpaired) electrons. The summed E-state index contributed by atoms with van der Waals surface area (Å²) >= 11 is 0. The standard InChI is InChI=1S/C26H34O4/c1-10-21(27)30-24(17-11-15(2)13-19(22(17)28)25(4,5)6)18-12-16(3)14-20(23(18)29)26(7,8)9/h10-14,24,28-29H,1H2,2-9H3. The molecule has 30 heavy (non-hydrogen) atoms. The van der Waals surface area contributed by atoms with Crippen molar-refractivity contribution in [2.24, 2.45) is 0 Å². The highest BCUT2D eigenvalue weighted by molar-refractivity contribution is 5.82. The van der Waals surface area contributed by atoms with E-state index in [1.165, 1.54) is 0 Å². The quantitative estimate of drug-likeness (QED) is 0.470. The normalized spacial score (nSPS) is 12.2. The Labute approximate surface area is 180 Å². The third-order valence-electron chi connectivity index (χ3n) is 5.15. The molecule has 162 valence electrons. The van der Waals surface area contributed by atoms with Crippen molar-refractivity contribution in [3.63, 3.8) is 0 Å². The van der Waals surface area contributed by atoms with E-state index in [1.807, 2.05) is 67.5 Å². The van der Waals surface area contributed by atoms with Crippen molar-refractivity contribution < 1.29 is 19.7 Å². The first-order chi connectivity index (χ1) is 13.7. The van der Waals surface area contributed by atoms with Gasteiger partial charge in [0.15, 0.2) is 6.10 Å². The third kappa shape index (κ3) is 4.86. The molecule has 2 rings (SSSR count). The van der Waals surface area contributed by atoms with Gasteiger partial charge in [0.2, 0.25) is 0 Å². The molecule has 0 atom stereocenters. The number of hydrogen-bond donors (Lipinski definition) is 2. The number of benzene rings is 2. The summed E-state index contributed by atoms with van der Waals surface area (Å²) in [5.74, 6) is -0.502. The highest BCUT2D eigenvalue weighted by atomic mass is 16.5. The second kappa shape index (κ2) is 8.17. The van der Waals surface area contributed by atoms with Gasteiger partial charge in [-0.25, -0.2) is 4.79 Å². The van der Waals surface area contributed by atoms with E-state index in [1.54, 1.807) is 12.1 Å². The number of ether oxygens (including phenoxy) is 1. The van der Waals surface area contributed by atoms with Gasteiger partial charge in [-0.05, 0) is 47.9 Å². The monoisotopic (exact) mass is 410 g/mol. The summed E-state index contributed by atoms with van der Waals surface area (Å²) in [6, 6.07) is 7.46. The Morgan fingerprint density at radius 2 is 1.23 bits per heavy atom. The summed E-state index contributed by atoms with van der Waals surface area (Å²) in [5.41, 5.74) is 3.60. The Hall–Kier alpha value is -2.75. The van der Waals surface area contributed by atoms with Gasteiger partial charge in [0.05, 0.1) is 0 Å². The lowest BCUT2D eigenvalue weighted by molar-refractivity contribution is -0.141. The molecule has 0 spiro atoms. The number of carbonyl (C=O) groups excluding carboxylic acids is 1. The molecule has 0 bridgehead atoms. The molecular weight excluding hydrogens is 376 g/mol. The predicted octanol–water partition coefficient (Wildman–Crippen LogP) is 6.13. The summed E-state index contributed by atoms with van der Waals surface area (Å²) in [4.78, 5) is 12.2. The summed E-state index contributed by atoms with van der Waals surface area (Å²) in [6.07, 6.45) is 0.111. The van der Waals surface area contributed by atoms with Crippen LogP contribution in [-0.2, 0) is 20.4 Å². The molecule has 0 aliphatic heterocycles. The molecule has 0 saturated heterocycles. The number of carbonyl (C=O) groups is 1. The average Bonchev–Trinajstić information content (AvgIpc) is 2.61. The Kier molecular flexibility index (Phi) is 6.41. The van der Waals surface area contributed by atoms with Crippen molar-refractivity contribution >= 4 is 5.97 Å². The molecule has 0 saturated carbocycles. The van der Waals surface area contributed by atoms with Gasteiger partial charge in [-0.15, -0.1) is 0 Å². The summed E-state index contributed by atoms with van der Waals surface area (Å²) in [6.45, 7) is 19.4. The second-order valence-electron chi connectivity index (χ2n) is 10.0. The first-order valence-electron chi connectivity index (χ1n) is 10.2. The third-order valence-corrected chi connectivity index (χ3v) is 5.15. The smallest absolute Gasteiger partial charge is 0.331 e. The molecular formula is C26H34O4. The van der Waals surface area contributed by atoms with Gasteiger partial charge >= 0.3 is 5.97 Å². The van der Waals surface area contributed by atoms with Crippen LogP contribution >= 0.6 is 0 Å². The fourth-order valence-corrected chi connectivity index (χ4v) is 3.62. The lowest BCUT2D eigenvalue weighted by atomic mass is 9.81. The highest BCUT2D eigenvalue weighted by Crippen LogP contribution is 2.45. The number of aryl methyl sites for hydroxylation is 2. The topological polar surface area (TPSA) is 66.8 Å². The lowest BCUT2D eigenvalue weighted by Gasteiger charge is -2.28. The van der Waals surface area contributed by atoms with Crippen molar-refractivity contribution in [2.75, 3.05) is 0 Å². The largest absolute Gasteiger partial charge is 0.507 e. The fraction of sp³-hybridized carbons (Fsp3) is 0.423. The first-order valence-corrected chi connectivity index (χ1v) is 10.2. The van der Waals surface area contributed by atoms with E-state index in [-0.39, 0.29) is 22.3 Å². The first kappa shape index (κ1) is 23.5. The molecule has 2 aromatic carbocycles. The van der Waals surface area contributed by atoms with Crippen LogP contribution < -0.4 is 0 Å². The minimum absolute atomic E-state index is 0.0631. The number of esters is 1. The van der Waals surface area contributed by atoms with Gasteiger partial charge in [0.25, 0.3) is 0 Å². The summed E-state index contributed by atoms with van der Waals surface area (Å²) in [7, 11) is 0. The van der Waals surface area contributed by atoms with Crippen molar-refractivity contribution in [1.29, 1.82) is 0 Å². The predicted molar refractivity (Wildman–Crippen MR) is 121 cm³/mol. The Morgan fingerprint density at radius 1 is 0.867 bits per heavy atom. The van der Waals surface area contributed by atoms with Crippen molar-refractivity contribution in [3.8, 4) is 11.5 Å². The summed E-state index contributed by atoms with van der Waals surface area (Å²) in [5, 5.41) is 22.3. The van der Waals surface area contributed by atoms with E-state index >= 15 is 0 Å². The lowest BCUT2D eigenvalue weighted by Crippen LogP contribution is -2.18. The van der Waals surface area contributed by atoms with Crippen molar-refractivity contribution in [1.82, 2.24) is 0 Å². The van der Waals surface area contributed by atoms with Crippen LogP contribution in [-0.4, -0.2) is 16.2 Å². The van der Waals surface area contributed by atoms with Crippen LogP contribution in [0, 0.1) is 13.8 Å². The van der Waals surface area contributed by atoms with Crippen LogP contribution in [0.2, 0.25) is 0 Å². The van der Waals surface area contributed by atoms with E-state index in [0.29, 0.717) is 11.1 Å². The molecule has 2 aromatic rings. The molecule has 0 aromatic heterocycles. The van der Waals surface area contributed by atoms with E-state index in [9.17, 15) is 15.0 Å². The molecule has 0 fully saturated rings. The number of rotatable bonds is 4. The van der Waals surface area contributed by atoms with Crippen LogP contribution in [0.1, 0.15) is 81.0 Å². The van der Waals surface area contributed by atoms with Gasteiger partial charge in [-0.1, -0.05) is 71.4 Å². The number of aromatic hydroxyl groups is 2. The van der Waals surface area contributed by atoms with E-state index in [4.69, 9.17) is 4.74 Å². The van der Waals surface area contributed by atoms with Crippen LogP contribution in [0.5, 0.6) is 11.5 Å². The molecule has 0 aliphatic rings. The maximum Gasteiger partial charge on any atom is 0.331 e. The zero-order chi connectivity index (χ0) is 23.0. The molecule has 0 heterocycles. The van der Waals surface area contributed by atoms with Gasteiger partial charge in [-0.3, -0.25) is 0 Å². The van der Waals surface area contributed by atoms with Crippen molar-refractivity contribution in [3.05, 3.63) is 70.3 Å². The Bertz CT molecular complexity index is 902. The zero-order valence-electron chi connectivity index (χ0n) is 19.4. The minimum Gasteiger partial charge on any atom is -0.507 e. The van der Waals surface area contributed by atoms with E-state index in [0.717, 1.165) is 28.3 Å². The molecule has 0 aliphatic carbocycles. The zero-order valence-corrected chi connectivity index (χ0v) is 19.4. The molecule has 0 unspecified atom stereocenters. The van der Waals surface area contributed by atoms with Crippen LogP contribution in [0.4, 0.5) is 0 Å². The highest BCUT2D eigenvalue weighted by Gasteiger charge is 2.31. The maximum absolute atomic E-state index is 12.2. The van der Waals surface area contributed by atoms with Crippen molar-refractivity contribution in [2.45, 2.75) is 72.3 Å². The van der Waals surface area contributed by atoms with Crippen LogP contribution in [0.15, 0.2) is 36.9 Å². The van der Waals surface area contributed by atoms with E-state index < -0.39 is 12.1 Å². The van der Waals surface area contributed by atoms with Gasteiger partial charge in [-0.2, -0.15) is 0 Å². The van der Waals surface area contributed by atoms with E-state index in [2.05, 4.69) is 6.58 Å². The minimum atomic E-state index is -0.975. The number of hydrogen-bond acceptors (Lipinski definition) is 4. The van der Waals surface area contributed by atoms with Gasteiger partial charge in [0, 0.05) is 17.2 Å². The fourth-order valence-electron chi connectivity index (χ4n) is 3.62. The summed E-state index contributed by atoms with van der Waals surface area (Å²) < 4.78 is 5.70. The average molecular weight is 411 g/mol. The SMILES string of the molecule is C=CC(=O)OC(c1cc(C)cc(C(C)(C)C)c1O)c1cc(C)cc(C(C)(C)C)c1O. The molecule has 2 N–H and O–H groups in total. The van der Waals surface area contributed by atoms with Gasteiger partial charge in [0.1, 0.15) is 11.5 Å². The maximum atomic E-state index is 12.2.